The van der Waals surface area contributed by atoms with Crippen molar-refractivity contribution in [1.29, 1.82) is 0 Å². The highest BCUT2D eigenvalue weighted by Gasteiger charge is 2.21. The van der Waals surface area contributed by atoms with Crippen LogP contribution in [0.5, 0.6) is 5.75 Å². The van der Waals surface area contributed by atoms with Gasteiger partial charge in [0.15, 0.2) is 10.9 Å². The first kappa shape index (κ1) is 24.9. The zero-order valence-corrected chi connectivity index (χ0v) is 21.8. The van der Waals surface area contributed by atoms with E-state index in [0.717, 1.165) is 66.0 Å². The summed E-state index contributed by atoms with van der Waals surface area (Å²) in [6.45, 7) is 8.35. The van der Waals surface area contributed by atoms with Crippen molar-refractivity contribution >= 4 is 23.0 Å². The Bertz CT molecular complexity index is 1300. The normalized spacial score (nSPS) is 14.4. The fourth-order valence-corrected chi connectivity index (χ4v) is 4.62. The van der Waals surface area contributed by atoms with Crippen molar-refractivity contribution in [1.82, 2.24) is 25.1 Å². The standard InChI is InChI=1S/C27H30N6O3S/c1-19-25(20(2)35-30-19)26-29-24(31-36-26)17-32-13-6-14-33(16-15-32)27(37)28-22-9-11-23(12-10-22)34-18-21-7-4-3-5-8-21/h3-5,7-12H,6,13-18H2,1-2H3,(H,28,37). The van der Waals surface area contributed by atoms with Gasteiger partial charge in [-0.3, -0.25) is 4.90 Å². The van der Waals surface area contributed by atoms with E-state index in [1.165, 1.54) is 0 Å². The van der Waals surface area contributed by atoms with Crippen molar-refractivity contribution in [2.24, 2.45) is 0 Å². The Morgan fingerprint density at radius 3 is 2.54 bits per heavy atom. The van der Waals surface area contributed by atoms with Crippen LogP contribution < -0.4 is 10.1 Å². The molecule has 37 heavy (non-hydrogen) atoms. The summed E-state index contributed by atoms with van der Waals surface area (Å²) in [5, 5.41) is 12.2. The number of hydrogen-bond donors (Lipinski definition) is 1. The molecule has 0 saturated carbocycles. The summed E-state index contributed by atoms with van der Waals surface area (Å²) in [6, 6.07) is 18.0. The molecule has 1 fully saturated rings. The molecule has 4 aromatic rings. The maximum atomic E-state index is 5.88. The smallest absolute Gasteiger partial charge is 0.263 e. The van der Waals surface area contributed by atoms with Gasteiger partial charge in [0.05, 0.1) is 12.2 Å². The van der Waals surface area contributed by atoms with E-state index < -0.39 is 0 Å². The fraction of sp³-hybridized carbons (Fsp3) is 0.333. The van der Waals surface area contributed by atoms with Crippen LogP contribution in [0.4, 0.5) is 5.69 Å². The fourth-order valence-electron chi connectivity index (χ4n) is 4.32. The Morgan fingerprint density at radius 1 is 0.973 bits per heavy atom. The van der Waals surface area contributed by atoms with Gasteiger partial charge in [-0.1, -0.05) is 40.6 Å². The van der Waals surface area contributed by atoms with Gasteiger partial charge in [0.2, 0.25) is 0 Å². The van der Waals surface area contributed by atoms with Crippen LogP contribution in [0.2, 0.25) is 0 Å². The summed E-state index contributed by atoms with van der Waals surface area (Å²) in [5.74, 6) is 2.60. The summed E-state index contributed by atoms with van der Waals surface area (Å²) >= 11 is 5.72. The molecule has 1 N–H and O–H groups in total. The number of aromatic nitrogens is 3. The number of benzene rings is 2. The van der Waals surface area contributed by atoms with Crippen LogP contribution in [0.15, 0.2) is 63.6 Å². The zero-order chi connectivity index (χ0) is 25.6. The molecule has 2 aromatic carbocycles. The summed E-state index contributed by atoms with van der Waals surface area (Å²) in [4.78, 5) is 9.10. The highest BCUT2D eigenvalue weighted by atomic mass is 32.1. The molecule has 0 aliphatic carbocycles. The minimum Gasteiger partial charge on any atom is -0.489 e. The number of anilines is 1. The van der Waals surface area contributed by atoms with E-state index in [1.807, 2.05) is 56.3 Å². The molecule has 1 saturated heterocycles. The van der Waals surface area contributed by atoms with Gasteiger partial charge in [-0.25, -0.2) is 0 Å². The second kappa shape index (κ2) is 11.5. The van der Waals surface area contributed by atoms with Crippen LogP contribution >= 0.6 is 12.2 Å². The zero-order valence-electron chi connectivity index (χ0n) is 21.0. The van der Waals surface area contributed by atoms with E-state index >= 15 is 0 Å². The number of aryl methyl sites for hydroxylation is 2. The Morgan fingerprint density at radius 2 is 1.78 bits per heavy atom. The first-order chi connectivity index (χ1) is 18.0. The summed E-state index contributed by atoms with van der Waals surface area (Å²) in [6.07, 6.45) is 0.989. The maximum absolute atomic E-state index is 5.88. The quantitative estimate of drug-likeness (QED) is 0.343. The number of nitrogens with one attached hydrogen (secondary N) is 1. The lowest BCUT2D eigenvalue weighted by atomic mass is 10.2. The Balaban J connectivity index is 1.10. The largest absolute Gasteiger partial charge is 0.489 e. The molecule has 0 amide bonds. The number of thiocarbonyl (C=S) groups is 1. The predicted molar refractivity (Wildman–Crippen MR) is 144 cm³/mol. The monoisotopic (exact) mass is 518 g/mol. The molecule has 3 heterocycles. The highest BCUT2D eigenvalue weighted by molar-refractivity contribution is 7.80. The first-order valence-corrected chi connectivity index (χ1v) is 12.8. The predicted octanol–water partition coefficient (Wildman–Crippen LogP) is 4.83. The number of ether oxygens (including phenoxy) is 1. The average Bonchev–Trinajstić information content (AvgIpc) is 3.41. The molecular formula is C27H30N6O3S. The van der Waals surface area contributed by atoms with Crippen LogP contribution in [0.1, 0.15) is 29.3 Å². The van der Waals surface area contributed by atoms with E-state index in [0.29, 0.717) is 30.6 Å². The number of hydrogen-bond acceptors (Lipinski definition) is 8. The van der Waals surface area contributed by atoms with Gasteiger partial charge in [0.25, 0.3) is 5.89 Å². The van der Waals surface area contributed by atoms with Crippen molar-refractivity contribution in [2.45, 2.75) is 33.4 Å². The maximum Gasteiger partial charge on any atom is 0.263 e. The van der Waals surface area contributed by atoms with E-state index in [9.17, 15) is 0 Å². The third-order valence-corrected chi connectivity index (χ3v) is 6.67. The van der Waals surface area contributed by atoms with Crippen molar-refractivity contribution < 1.29 is 13.8 Å². The van der Waals surface area contributed by atoms with Gasteiger partial charge in [-0.05, 0) is 62.3 Å². The van der Waals surface area contributed by atoms with Gasteiger partial charge >= 0.3 is 0 Å². The molecule has 1 aliphatic heterocycles. The van der Waals surface area contributed by atoms with Crippen LogP contribution in [-0.4, -0.2) is 56.4 Å². The van der Waals surface area contributed by atoms with Gasteiger partial charge in [0.1, 0.15) is 23.7 Å². The molecule has 192 valence electrons. The molecule has 0 unspecified atom stereocenters. The topological polar surface area (TPSA) is 92.7 Å². The minimum absolute atomic E-state index is 0.449. The second-order valence-corrected chi connectivity index (χ2v) is 9.45. The van der Waals surface area contributed by atoms with Crippen LogP contribution in [0, 0.1) is 13.8 Å². The SMILES string of the molecule is Cc1noc(C)c1-c1nc(CN2CCCN(C(=S)Nc3ccc(OCc4ccccc4)cc3)CC2)no1. The Hall–Kier alpha value is -3.76. The highest BCUT2D eigenvalue weighted by Crippen LogP contribution is 2.25. The van der Waals surface area contributed by atoms with Crippen LogP contribution in [0.25, 0.3) is 11.5 Å². The molecular weight excluding hydrogens is 488 g/mol. The molecule has 1 aliphatic rings. The van der Waals surface area contributed by atoms with Gasteiger partial charge < -0.3 is 24.0 Å². The van der Waals surface area contributed by atoms with Crippen molar-refractivity contribution in [3.63, 3.8) is 0 Å². The Kier molecular flexibility index (Phi) is 7.76. The van der Waals surface area contributed by atoms with Gasteiger partial charge in [-0.2, -0.15) is 4.98 Å². The first-order valence-electron chi connectivity index (χ1n) is 12.4. The van der Waals surface area contributed by atoms with Crippen LogP contribution in [-0.2, 0) is 13.2 Å². The molecule has 10 heteroatoms. The summed E-state index contributed by atoms with van der Waals surface area (Å²) in [5.41, 5.74) is 3.60. The molecule has 0 spiro atoms. The van der Waals surface area contributed by atoms with Crippen molar-refractivity contribution in [3.05, 3.63) is 77.4 Å². The lowest BCUT2D eigenvalue weighted by molar-refractivity contribution is 0.266. The van der Waals surface area contributed by atoms with Gasteiger partial charge in [-0.15, -0.1) is 0 Å². The molecule has 0 radical (unpaired) electrons. The lowest BCUT2D eigenvalue weighted by Crippen LogP contribution is -2.37. The second-order valence-electron chi connectivity index (χ2n) is 9.06. The van der Waals surface area contributed by atoms with E-state index in [1.54, 1.807) is 0 Å². The molecule has 9 nitrogen and oxygen atoms in total. The van der Waals surface area contributed by atoms with Crippen LogP contribution in [0.3, 0.4) is 0 Å². The average molecular weight is 519 g/mol. The minimum atomic E-state index is 0.449. The number of rotatable bonds is 7. The Labute approximate surface area is 221 Å². The van der Waals surface area contributed by atoms with E-state index in [-0.39, 0.29) is 0 Å². The van der Waals surface area contributed by atoms with Crippen molar-refractivity contribution in [2.75, 3.05) is 31.5 Å². The van der Waals surface area contributed by atoms with E-state index in [4.69, 9.17) is 26.0 Å². The molecule has 0 bridgehead atoms. The summed E-state index contributed by atoms with van der Waals surface area (Å²) < 4.78 is 16.6. The molecule has 2 aromatic heterocycles. The van der Waals surface area contributed by atoms with Crippen molar-refractivity contribution in [3.8, 4) is 17.2 Å². The van der Waals surface area contributed by atoms with E-state index in [2.05, 4.69) is 42.5 Å². The van der Waals surface area contributed by atoms with Gasteiger partial charge in [0, 0.05) is 31.9 Å². The lowest BCUT2D eigenvalue weighted by Gasteiger charge is -2.24. The molecule has 0 atom stereocenters. The third-order valence-electron chi connectivity index (χ3n) is 6.31. The number of nitrogens with zero attached hydrogens (tertiary/aromatic N) is 5. The summed E-state index contributed by atoms with van der Waals surface area (Å²) in [7, 11) is 0. The molecule has 5 rings (SSSR count). The third kappa shape index (κ3) is 6.33.